The lowest BCUT2D eigenvalue weighted by Crippen LogP contribution is -2.26. The summed E-state index contributed by atoms with van der Waals surface area (Å²) in [6.45, 7) is 0.0516. The molecule has 1 N–H and O–H groups in total. The molecule has 0 aliphatic heterocycles. The van der Waals surface area contributed by atoms with Crippen LogP contribution in [0.2, 0.25) is 0 Å². The Morgan fingerprint density at radius 3 is 2.37 bits per heavy atom. The maximum atomic E-state index is 12.4. The van der Waals surface area contributed by atoms with Gasteiger partial charge >= 0.3 is 5.51 Å². The minimum Gasteiger partial charge on any atom is -0.497 e. The first-order valence-corrected chi connectivity index (χ1v) is 10.9. The van der Waals surface area contributed by atoms with Gasteiger partial charge in [0.15, 0.2) is 0 Å². The van der Waals surface area contributed by atoms with Gasteiger partial charge in [-0.05, 0) is 60.3 Å². The number of oxazole rings is 1. The summed E-state index contributed by atoms with van der Waals surface area (Å²) in [5.74, 6) is 1.10. The van der Waals surface area contributed by atoms with Crippen LogP contribution in [0.1, 0.15) is 5.69 Å². The fourth-order valence-corrected chi connectivity index (χ4v) is 4.08. The number of halogens is 3. The number of benzene rings is 2. The molecule has 0 spiro atoms. The van der Waals surface area contributed by atoms with Gasteiger partial charge in [-0.3, -0.25) is 0 Å². The Labute approximate surface area is 175 Å². The molecule has 3 rings (SSSR count). The number of hydrogen-bond acceptors (Lipinski definition) is 6. The fraction of sp³-hybridized carbons (Fsp3) is 0.211. The van der Waals surface area contributed by atoms with E-state index in [2.05, 4.69) is 9.71 Å². The largest absolute Gasteiger partial charge is 0.497 e. The molecule has 6 nitrogen and oxygen atoms in total. The third-order valence-electron chi connectivity index (χ3n) is 3.93. The van der Waals surface area contributed by atoms with Crippen molar-refractivity contribution in [1.29, 1.82) is 0 Å². The van der Waals surface area contributed by atoms with E-state index in [1.165, 1.54) is 6.26 Å². The van der Waals surface area contributed by atoms with Crippen LogP contribution in [0.15, 0.2) is 69.0 Å². The van der Waals surface area contributed by atoms with E-state index in [0.29, 0.717) is 17.3 Å². The third-order valence-corrected chi connectivity index (χ3v) is 6.15. The Bertz CT molecular complexity index is 1080. The van der Waals surface area contributed by atoms with Crippen molar-refractivity contribution in [3.8, 4) is 17.2 Å². The fourth-order valence-electron chi connectivity index (χ4n) is 2.51. The Morgan fingerprint density at radius 2 is 1.77 bits per heavy atom. The molecule has 0 saturated heterocycles. The van der Waals surface area contributed by atoms with E-state index >= 15 is 0 Å². The van der Waals surface area contributed by atoms with Crippen LogP contribution in [0.3, 0.4) is 0 Å². The number of alkyl halides is 3. The molecule has 1 heterocycles. The number of aromatic nitrogens is 1. The molecule has 0 unspecified atom stereocenters. The van der Waals surface area contributed by atoms with Crippen molar-refractivity contribution in [2.24, 2.45) is 0 Å². The Balaban J connectivity index is 1.57. The van der Waals surface area contributed by atoms with E-state index in [1.54, 1.807) is 31.4 Å². The van der Waals surface area contributed by atoms with Gasteiger partial charge in [-0.25, -0.2) is 18.1 Å². The maximum absolute atomic E-state index is 12.4. The minimum atomic E-state index is -4.43. The van der Waals surface area contributed by atoms with Crippen molar-refractivity contribution >= 4 is 21.8 Å². The lowest BCUT2D eigenvalue weighted by molar-refractivity contribution is -0.0328. The van der Waals surface area contributed by atoms with E-state index in [0.717, 1.165) is 29.8 Å². The lowest BCUT2D eigenvalue weighted by Gasteiger charge is -2.08. The van der Waals surface area contributed by atoms with Crippen LogP contribution in [-0.4, -0.2) is 32.6 Å². The van der Waals surface area contributed by atoms with Crippen LogP contribution in [0.25, 0.3) is 11.5 Å². The van der Waals surface area contributed by atoms with Crippen molar-refractivity contribution in [2.75, 3.05) is 13.7 Å². The van der Waals surface area contributed by atoms with E-state index < -0.39 is 15.5 Å². The van der Waals surface area contributed by atoms with E-state index in [9.17, 15) is 21.6 Å². The molecule has 3 aromatic rings. The summed E-state index contributed by atoms with van der Waals surface area (Å²) in [5, 5.41) is 0. The number of ether oxygens (including phenoxy) is 1. The van der Waals surface area contributed by atoms with Gasteiger partial charge < -0.3 is 9.15 Å². The highest BCUT2D eigenvalue weighted by Crippen LogP contribution is 2.36. The van der Waals surface area contributed by atoms with Crippen LogP contribution in [0.4, 0.5) is 13.2 Å². The summed E-state index contributed by atoms with van der Waals surface area (Å²) in [5.41, 5.74) is -3.12. The summed E-state index contributed by atoms with van der Waals surface area (Å²) < 4.78 is 74.6. The van der Waals surface area contributed by atoms with E-state index in [-0.39, 0.29) is 34.5 Å². The van der Waals surface area contributed by atoms with Gasteiger partial charge in [0.1, 0.15) is 12.0 Å². The first-order chi connectivity index (χ1) is 14.2. The number of thioether (sulfide) groups is 1. The summed E-state index contributed by atoms with van der Waals surface area (Å²) in [6, 6.07) is 11.6. The SMILES string of the molecule is COc1ccc(-c2nc(CCNS(=O)(=O)c3ccc(SC(F)(F)F)cc3)co2)cc1. The standard InChI is InChI=1S/C19H17F3N2O4S2/c1-27-15-4-2-13(3-5-15)18-24-14(12-28-18)10-11-23-30(25,26)17-8-6-16(7-9-17)29-19(20,21)22/h2-9,12,23H,10-11H2,1H3. The molecule has 0 bridgehead atoms. The van der Waals surface area contributed by atoms with Gasteiger partial charge in [0.2, 0.25) is 15.9 Å². The molecular formula is C19H17F3N2O4S2. The zero-order valence-electron chi connectivity index (χ0n) is 15.6. The average Bonchev–Trinajstić information content (AvgIpc) is 3.16. The van der Waals surface area contributed by atoms with Gasteiger partial charge in [0.25, 0.3) is 0 Å². The molecule has 0 saturated carbocycles. The first-order valence-electron chi connectivity index (χ1n) is 8.60. The van der Waals surface area contributed by atoms with Crippen LogP contribution >= 0.6 is 11.8 Å². The number of nitrogens with zero attached hydrogens (tertiary/aromatic N) is 1. The lowest BCUT2D eigenvalue weighted by atomic mass is 10.2. The molecule has 1 aromatic heterocycles. The molecule has 160 valence electrons. The van der Waals surface area contributed by atoms with Crippen molar-refractivity contribution in [3.05, 3.63) is 60.5 Å². The highest BCUT2D eigenvalue weighted by Gasteiger charge is 2.29. The molecule has 0 aliphatic carbocycles. The van der Waals surface area contributed by atoms with E-state index in [1.807, 2.05) is 0 Å². The van der Waals surface area contributed by atoms with Crippen molar-refractivity contribution in [1.82, 2.24) is 9.71 Å². The van der Waals surface area contributed by atoms with Crippen LogP contribution in [0, 0.1) is 0 Å². The van der Waals surface area contributed by atoms with Crippen molar-refractivity contribution in [3.63, 3.8) is 0 Å². The highest BCUT2D eigenvalue weighted by atomic mass is 32.2. The van der Waals surface area contributed by atoms with Gasteiger partial charge in [-0.2, -0.15) is 13.2 Å². The third kappa shape index (κ3) is 6.00. The number of rotatable bonds is 8. The second-order valence-corrected chi connectivity index (χ2v) is 8.94. The predicted octanol–water partition coefficient (Wildman–Crippen LogP) is 4.48. The monoisotopic (exact) mass is 458 g/mol. The first kappa shape index (κ1) is 22.2. The predicted molar refractivity (Wildman–Crippen MR) is 106 cm³/mol. The molecular weight excluding hydrogens is 441 g/mol. The number of sulfonamides is 1. The molecule has 0 aliphatic rings. The summed E-state index contributed by atoms with van der Waals surface area (Å²) in [4.78, 5) is 4.12. The number of hydrogen-bond donors (Lipinski definition) is 1. The maximum Gasteiger partial charge on any atom is 0.446 e. The van der Waals surface area contributed by atoms with Crippen molar-refractivity contribution < 1.29 is 30.7 Å². The van der Waals surface area contributed by atoms with Crippen LogP contribution in [0.5, 0.6) is 5.75 Å². The van der Waals surface area contributed by atoms with Gasteiger partial charge in [0.05, 0.1) is 17.7 Å². The van der Waals surface area contributed by atoms with Crippen LogP contribution in [-0.2, 0) is 16.4 Å². The second-order valence-electron chi connectivity index (χ2n) is 6.04. The molecule has 11 heteroatoms. The smallest absolute Gasteiger partial charge is 0.446 e. The Morgan fingerprint density at radius 1 is 1.10 bits per heavy atom. The Hall–Kier alpha value is -2.50. The van der Waals surface area contributed by atoms with Gasteiger partial charge in [-0.1, -0.05) is 0 Å². The van der Waals surface area contributed by atoms with Gasteiger partial charge in [0, 0.05) is 23.4 Å². The molecule has 0 atom stereocenters. The van der Waals surface area contributed by atoms with Gasteiger partial charge in [-0.15, -0.1) is 0 Å². The topological polar surface area (TPSA) is 81.4 Å². The van der Waals surface area contributed by atoms with E-state index in [4.69, 9.17) is 9.15 Å². The molecule has 30 heavy (non-hydrogen) atoms. The minimum absolute atomic E-state index is 0.0516. The molecule has 0 radical (unpaired) electrons. The quantitative estimate of drug-likeness (QED) is 0.501. The number of nitrogens with one attached hydrogen (secondary N) is 1. The van der Waals surface area contributed by atoms with Crippen molar-refractivity contribution in [2.45, 2.75) is 21.7 Å². The second kappa shape index (κ2) is 9.11. The molecule has 2 aromatic carbocycles. The van der Waals surface area contributed by atoms with Crippen LogP contribution < -0.4 is 9.46 Å². The molecule has 0 fully saturated rings. The summed E-state index contributed by atoms with van der Waals surface area (Å²) in [6.07, 6.45) is 1.72. The molecule has 0 amide bonds. The average molecular weight is 458 g/mol. The number of methoxy groups -OCH3 is 1. The zero-order chi connectivity index (χ0) is 21.8. The normalized spacial score (nSPS) is 12.1. The summed E-state index contributed by atoms with van der Waals surface area (Å²) >= 11 is -0.303. The zero-order valence-corrected chi connectivity index (χ0v) is 17.3. The summed E-state index contributed by atoms with van der Waals surface area (Å²) in [7, 11) is -2.29. The highest BCUT2D eigenvalue weighted by molar-refractivity contribution is 8.00. The Kier molecular flexibility index (Phi) is 6.74.